The number of hydrogen-bond donors (Lipinski definition) is 1. The Kier molecular flexibility index (Phi) is 10.1. The van der Waals surface area contributed by atoms with Gasteiger partial charge in [0.25, 0.3) is 0 Å². The number of methoxy groups -OCH3 is 2. The number of carbonyl (C=O) groups excluding carboxylic acids is 2. The molecule has 0 aliphatic heterocycles. The smallest absolute Gasteiger partial charge is 0.244 e. The third-order valence-corrected chi connectivity index (χ3v) is 6.91. The molecule has 0 radical (unpaired) electrons. The van der Waals surface area contributed by atoms with Gasteiger partial charge in [-0.2, -0.15) is 0 Å². The number of nitrogens with zero attached hydrogens (tertiary/aromatic N) is 2. The van der Waals surface area contributed by atoms with Crippen molar-refractivity contribution in [3.8, 4) is 11.5 Å². The molecular weight excluding hydrogens is 489 g/mol. The van der Waals surface area contributed by atoms with Crippen molar-refractivity contribution in [2.24, 2.45) is 0 Å². The minimum Gasteiger partial charge on any atom is -0.493 e. The molecule has 0 spiro atoms. The molecule has 2 aromatic carbocycles. The first-order valence-electron chi connectivity index (χ1n) is 11.4. The number of amides is 2. The van der Waals surface area contributed by atoms with E-state index >= 15 is 0 Å². The summed E-state index contributed by atoms with van der Waals surface area (Å²) in [5.41, 5.74) is 0.784. The maximum Gasteiger partial charge on any atom is 0.244 e. The second-order valence-corrected chi connectivity index (χ2v) is 10.4. The topological polar surface area (TPSA) is 105 Å². The monoisotopic (exact) mass is 523 g/mol. The van der Waals surface area contributed by atoms with Crippen molar-refractivity contribution in [2.75, 3.05) is 31.3 Å². The normalized spacial score (nSPS) is 12.9. The van der Waals surface area contributed by atoms with Crippen molar-refractivity contribution in [1.29, 1.82) is 0 Å². The molecule has 0 aliphatic carbocycles. The summed E-state index contributed by atoms with van der Waals surface area (Å²) in [7, 11) is -1.03. The lowest BCUT2D eigenvalue weighted by atomic mass is 10.1. The fourth-order valence-corrected chi connectivity index (χ4v) is 4.27. The summed E-state index contributed by atoms with van der Waals surface area (Å²) in [5, 5.41) is 2.85. The fourth-order valence-electron chi connectivity index (χ4n) is 3.43. The van der Waals surface area contributed by atoms with Crippen LogP contribution in [0.3, 0.4) is 0 Å². The first-order chi connectivity index (χ1) is 16.9. The molecule has 0 saturated heterocycles. The van der Waals surface area contributed by atoms with E-state index in [4.69, 9.17) is 9.47 Å². The molecule has 9 nitrogen and oxygen atoms in total. The molecule has 36 heavy (non-hydrogen) atoms. The first kappa shape index (κ1) is 28.9. The van der Waals surface area contributed by atoms with Gasteiger partial charge in [0.15, 0.2) is 11.5 Å². The van der Waals surface area contributed by atoms with Gasteiger partial charge in [0.1, 0.15) is 18.4 Å². The second-order valence-electron chi connectivity index (χ2n) is 8.45. The van der Waals surface area contributed by atoms with Gasteiger partial charge < -0.3 is 19.7 Å². The molecular formula is C25H34FN3O6S. The average molecular weight is 524 g/mol. The Morgan fingerprint density at radius 2 is 1.64 bits per heavy atom. The zero-order chi connectivity index (χ0) is 27.0. The van der Waals surface area contributed by atoms with Crippen molar-refractivity contribution in [3.63, 3.8) is 0 Å². The fraction of sp³-hybridized carbons (Fsp3) is 0.440. The number of hydrogen-bond acceptors (Lipinski definition) is 6. The predicted molar refractivity (Wildman–Crippen MR) is 136 cm³/mol. The number of carbonyl (C=O) groups is 2. The maximum absolute atomic E-state index is 13.5. The molecule has 2 rings (SSSR count). The number of benzene rings is 2. The highest BCUT2D eigenvalue weighted by Crippen LogP contribution is 2.32. The van der Waals surface area contributed by atoms with E-state index in [1.54, 1.807) is 6.92 Å². The Bertz CT molecular complexity index is 1160. The number of rotatable bonds is 12. The summed E-state index contributed by atoms with van der Waals surface area (Å²) in [5.74, 6) is -0.728. The number of sulfonamides is 1. The largest absolute Gasteiger partial charge is 0.493 e. The van der Waals surface area contributed by atoms with E-state index in [1.165, 1.54) is 61.6 Å². The van der Waals surface area contributed by atoms with Gasteiger partial charge in [-0.15, -0.1) is 0 Å². The molecule has 2 atom stereocenters. The van der Waals surface area contributed by atoms with Gasteiger partial charge in [-0.3, -0.25) is 13.9 Å². The van der Waals surface area contributed by atoms with Crippen LogP contribution >= 0.6 is 0 Å². The Morgan fingerprint density at radius 1 is 1.03 bits per heavy atom. The Hall–Kier alpha value is -3.34. The maximum atomic E-state index is 13.5. The molecule has 198 valence electrons. The summed E-state index contributed by atoms with van der Waals surface area (Å²) < 4.78 is 50.2. The zero-order valence-electron chi connectivity index (χ0n) is 21.4. The summed E-state index contributed by atoms with van der Waals surface area (Å²) in [6, 6.07) is 9.01. The third kappa shape index (κ3) is 7.58. The molecule has 0 saturated carbocycles. The summed E-state index contributed by atoms with van der Waals surface area (Å²) in [6.45, 7) is 4.76. The zero-order valence-corrected chi connectivity index (χ0v) is 22.3. The van der Waals surface area contributed by atoms with Gasteiger partial charge in [0.2, 0.25) is 21.8 Å². The van der Waals surface area contributed by atoms with Crippen molar-refractivity contribution in [1.82, 2.24) is 10.2 Å². The number of anilines is 1. The molecule has 2 amide bonds. The summed E-state index contributed by atoms with van der Waals surface area (Å²) >= 11 is 0. The van der Waals surface area contributed by atoms with Crippen LogP contribution in [0.5, 0.6) is 11.5 Å². The molecule has 1 N–H and O–H groups in total. The van der Waals surface area contributed by atoms with Crippen molar-refractivity contribution < 1.29 is 31.9 Å². The highest BCUT2D eigenvalue weighted by molar-refractivity contribution is 7.92. The first-order valence-corrected chi connectivity index (χ1v) is 13.3. The van der Waals surface area contributed by atoms with Gasteiger partial charge >= 0.3 is 0 Å². The standard InChI is InChI=1S/C25H34FN3O6S/c1-7-17(2)27-25(31)18(3)28(15-19-8-10-20(26)11-9-19)24(30)16-29(36(6,32)33)21-12-13-22(34-4)23(14-21)35-5/h8-14,17-18H,7,15-16H2,1-6H3,(H,27,31)/t17-,18+/m1/s1. The quantitative estimate of drug-likeness (QED) is 0.459. The van der Waals surface area contributed by atoms with Crippen LogP contribution in [0, 0.1) is 5.82 Å². The van der Waals surface area contributed by atoms with Crippen molar-refractivity contribution in [3.05, 3.63) is 53.8 Å². The number of halogens is 1. The van der Waals surface area contributed by atoms with Crippen LogP contribution in [0.1, 0.15) is 32.8 Å². The van der Waals surface area contributed by atoms with E-state index in [9.17, 15) is 22.4 Å². The lowest BCUT2D eigenvalue weighted by Crippen LogP contribution is -2.52. The molecule has 2 aromatic rings. The summed E-state index contributed by atoms with van der Waals surface area (Å²) in [4.78, 5) is 27.7. The minimum absolute atomic E-state index is 0.0161. The highest BCUT2D eigenvalue weighted by Gasteiger charge is 2.30. The molecule has 0 fully saturated rings. The van der Waals surface area contributed by atoms with E-state index in [2.05, 4.69) is 5.32 Å². The Morgan fingerprint density at radius 3 is 2.17 bits per heavy atom. The number of nitrogens with one attached hydrogen (secondary N) is 1. The molecule has 11 heteroatoms. The van der Waals surface area contributed by atoms with Gasteiger partial charge in [0, 0.05) is 18.7 Å². The minimum atomic E-state index is -3.90. The summed E-state index contributed by atoms with van der Waals surface area (Å²) in [6.07, 6.45) is 1.69. The van der Waals surface area contributed by atoms with E-state index in [0.717, 1.165) is 10.6 Å². The number of ether oxygens (including phenoxy) is 2. The average Bonchev–Trinajstić information content (AvgIpc) is 2.85. The molecule has 0 aliphatic rings. The third-order valence-electron chi connectivity index (χ3n) is 5.77. The van der Waals surface area contributed by atoms with Crippen molar-refractivity contribution in [2.45, 2.75) is 45.8 Å². The van der Waals surface area contributed by atoms with E-state index in [-0.39, 0.29) is 24.2 Å². The van der Waals surface area contributed by atoms with Crippen LogP contribution in [0.25, 0.3) is 0 Å². The van der Waals surface area contributed by atoms with Crippen LogP contribution in [0.2, 0.25) is 0 Å². The van der Waals surface area contributed by atoms with Gasteiger partial charge in [0.05, 0.1) is 26.2 Å². The highest BCUT2D eigenvalue weighted by atomic mass is 32.2. The predicted octanol–water partition coefficient (Wildman–Crippen LogP) is 2.94. The van der Waals surface area contributed by atoms with Crippen LogP contribution < -0.4 is 19.1 Å². The lowest BCUT2D eigenvalue weighted by molar-refractivity contribution is -0.139. The van der Waals surface area contributed by atoms with Gasteiger partial charge in [-0.05, 0) is 50.1 Å². The van der Waals surface area contributed by atoms with E-state index < -0.39 is 34.3 Å². The van der Waals surface area contributed by atoms with Crippen LogP contribution in [-0.2, 0) is 26.2 Å². The Labute approximate surface area is 212 Å². The molecule has 0 unspecified atom stereocenters. The van der Waals surface area contributed by atoms with E-state index in [0.29, 0.717) is 23.5 Å². The second kappa shape index (κ2) is 12.6. The molecule has 0 aromatic heterocycles. The molecule has 0 bridgehead atoms. The van der Waals surface area contributed by atoms with Crippen molar-refractivity contribution >= 4 is 27.5 Å². The molecule has 0 heterocycles. The lowest BCUT2D eigenvalue weighted by Gasteiger charge is -2.32. The van der Waals surface area contributed by atoms with Gasteiger partial charge in [-0.25, -0.2) is 12.8 Å². The van der Waals surface area contributed by atoms with Crippen LogP contribution in [-0.4, -0.2) is 64.2 Å². The SMILES string of the molecule is CC[C@@H](C)NC(=O)[C@H](C)N(Cc1ccc(F)cc1)C(=O)CN(c1ccc(OC)c(OC)c1)S(C)(=O)=O. The van der Waals surface area contributed by atoms with Crippen LogP contribution in [0.4, 0.5) is 10.1 Å². The Balaban J connectivity index is 2.43. The van der Waals surface area contributed by atoms with Gasteiger partial charge in [-0.1, -0.05) is 19.1 Å². The van der Waals surface area contributed by atoms with Crippen LogP contribution in [0.15, 0.2) is 42.5 Å². The van der Waals surface area contributed by atoms with E-state index in [1.807, 2.05) is 13.8 Å².